The zero-order chi connectivity index (χ0) is 12.4. The zero-order valence-electron chi connectivity index (χ0n) is 10.1. The number of rotatable bonds is 1. The molecule has 0 fully saturated rings. The third-order valence-corrected chi connectivity index (χ3v) is 2.93. The van der Waals surface area contributed by atoms with E-state index in [4.69, 9.17) is 0 Å². The smallest absolute Gasteiger partial charge is 0.227 e. The van der Waals surface area contributed by atoms with Crippen LogP contribution in [-0.4, -0.2) is 17.9 Å². The second-order valence-electron chi connectivity index (χ2n) is 4.24. The van der Waals surface area contributed by atoms with E-state index < -0.39 is 0 Å². The van der Waals surface area contributed by atoms with Gasteiger partial charge in [0, 0.05) is 18.9 Å². The van der Waals surface area contributed by atoms with Crippen molar-refractivity contribution in [3.05, 3.63) is 24.3 Å². The number of nitrogens with one attached hydrogen (secondary N) is 1. The summed E-state index contributed by atoms with van der Waals surface area (Å²) < 4.78 is 0. The van der Waals surface area contributed by atoms with Gasteiger partial charge in [-0.3, -0.25) is 9.59 Å². The first-order chi connectivity index (χ1) is 8.13. The lowest BCUT2D eigenvalue weighted by Crippen LogP contribution is -2.38. The van der Waals surface area contributed by atoms with Crippen molar-refractivity contribution in [1.29, 1.82) is 0 Å². The predicted octanol–water partition coefficient (Wildman–Crippen LogP) is 2.16. The third kappa shape index (κ3) is 2.16. The molecule has 1 aromatic carbocycles. The fourth-order valence-electron chi connectivity index (χ4n) is 2.14. The Kier molecular flexibility index (Phi) is 3.13. The zero-order valence-corrected chi connectivity index (χ0v) is 10.1. The van der Waals surface area contributed by atoms with Gasteiger partial charge in [0.15, 0.2) is 0 Å². The van der Waals surface area contributed by atoms with Crippen LogP contribution in [0.4, 0.5) is 11.4 Å². The Morgan fingerprint density at radius 1 is 1.47 bits per heavy atom. The topological polar surface area (TPSA) is 49.4 Å². The van der Waals surface area contributed by atoms with Crippen molar-refractivity contribution in [2.45, 2.75) is 32.7 Å². The molecule has 1 heterocycles. The molecule has 2 rings (SSSR count). The molecule has 2 amide bonds. The highest BCUT2D eigenvalue weighted by molar-refractivity contribution is 6.04. The number of hydrogen-bond acceptors (Lipinski definition) is 2. The minimum atomic E-state index is -0.105. The van der Waals surface area contributed by atoms with Gasteiger partial charge in [-0.2, -0.15) is 0 Å². The highest BCUT2D eigenvalue weighted by Gasteiger charge is 2.28. The van der Waals surface area contributed by atoms with Crippen LogP contribution in [0.5, 0.6) is 0 Å². The van der Waals surface area contributed by atoms with Crippen LogP contribution >= 0.6 is 0 Å². The normalized spacial score (nSPS) is 19.3. The van der Waals surface area contributed by atoms with Crippen molar-refractivity contribution in [1.82, 2.24) is 0 Å². The molecule has 1 aromatic rings. The van der Waals surface area contributed by atoms with Gasteiger partial charge in [-0.15, -0.1) is 0 Å². The fraction of sp³-hybridized carbons (Fsp3) is 0.385. The van der Waals surface area contributed by atoms with E-state index >= 15 is 0 Å². The molecule has 0 aliphatic carbocycles. The van der Waals surface area contributed by atoms with Crippen LogP contribution in [0.25, 0.3) is 0 Å². The number of carbonyl (C=O) groups excluding carboxylic acids is 2. The largest absolute Gasteiger partial charge is 0.324 e. The molecule has 0 saturated carbocycles. The van der Waals surface area contributed by atoms with Gasteiger partial charge in [0.25, 0.3) is 0 Å². The molecule has 1 atom stereocenters. The summed E-state index contributed by atoms with van der Waals surface area (Å²) in [5.41, 5.74) is 1.50. The van der Waals surface area contributed by atoms with Crippen molar-refractivity contribution in [2.75, 3.05) is 10.2 Å². The van der Waals surface area contributed by atoms with Crippen LogP contribution in [0.15, 0.2) is 24.3 Å². The van der Waals surface area contributed by atoms with Crippen LogP contribution in [-0.2, 0) is 9.59 Å². The number of anilines is 2. The molecule has 90 valence electrons. The first kappa shape index (κ1) is 11.6. The van der Waals surface area contributed by atoms with Crippen LogP contribution < -0.4 is 10.2 Å². The SMILES string of the molecule is CCC(=O)N1c2ccccc2NC(=O)C[C@@H]1C. The molecule has 4 nitrogen and oxygen atoms in total. The Labute approximate surface area is 101 Å². The molecule has 0 radical (unpaired) electrons. The molecule has 0 spiro atoms. The van der Waals surface area contributed by atoms with E-state index in [1.807, 2.05) is 38.1 Å². The summed E-state index contributed by atoms with van der Waals surface area (Å²) in [6, 6.07) is 7.31. The number of nitrogens with zero attached hydrogens (tertiary/aromatic N) is 1. The number of para-hydroxylation sites is 2. The van der Waals surface area contributed by atoms with Gasteiger partial charge in [0.1, 0.15) is 0 Å². The molecule has 1 N–H and O–H groups in total. The minimum Gasteiger partial charge on any atom is -0.324 e. The van der Waals surface area contributed by atoms with Crippen molar-refractivity contribution in [3.8, 4) is 0 Å². The number of fused-ring (bicyclic) bond motifs is 1. The first-order valence-electron chi connectivity index (χ1n) is 5.84. The summed E-state index contributed by atoms with van der Waals surface area (Å²) in [6.07, 6.45) is 0.771. The lowest BCUT2D eigenvalue weighted by atomic mass is 10.1. The van der Waals surface area contributed by atoms with Crippen LogP contribution in [0.2, 0.25) is 0 Å². The molecule has 17 heavy (non-hydrogen) atoms. The second kappa shape index (κ2) is 4.57. The standard InChI is InChI=1S/C13H16N2O2/c1-3-13(17)15-9(2)8-12(16)14-10-6-4-5-7-11(10)15/h4-7,9H,3,8H2,1-2H3,(H,14,16)/t9-/m0/s1. The Bertz CT molecular complexity index is 456. The monoisotopic (exact) mass is 232 g/mol. The Morgan fingerprint density at radius 3 is 2.88 bits per heavy atom. The van der Waals surface area contributed by atoms with E-state index in [1.54, 1.807) is 4.90 Å². The van der Waals surface area contributed by atoms with E-state index in [2.05, 4.69) is 5.32 Å². The molecular formula is C13H16N2O2. The summed E-state index contributed by atoms with van der Waals surface area (Å²) in [5, 5.41) is 2.83. The minimum absolute atomic E-state index is 0.0430. The number of hydrogen-bond donors (Lipinski definition) is 1. The van der Waals surface area contributed by atoms with Gasteiger partial charge >= 0.3 is 0 Å². The van der Waals surface area contributed by atoms with E-state index in [0.717, 1.165) is 5.69 Å². The van der Waals surface area contributed by atoms with Gasteiger partial charge in [-0.05, 0) is 19.1 Å². The van der Waals surface area contributed by atoms with Crippen molar-refractivity contribution in [3.63, 3.8) is 0 Å². The van der Waals surface area contributed by atoms with Crippen LogP contribution in [0, 0.1) is 0 Å². The van der Waals surface area contributed by atoms with E-state index in [9.17, 15) is 9.59 Å². The fourth-order valence-corrected chi connectivity index (χ4v) is 2.14. The second-order valence-corrected chi connectivity index (χ2v) is 4.24. The molecule has 0 unspecified atom stereocenters. The number of benzene rings is 1. The number of amides is 2. The van der Waals surface area contributed by atoms with Crippen molar-refractivity contribution >= 4 is 23.2 Å². The Hall–Kier alpha value is -1.84. The maximum absolute atomic E-state index is 12.0. The lowest BCUT2D eigenvalue weighted by molar-refractivity contribution is -0.119. The van der Waals surface area contributed by atoms with Gasteiger partial charge < -0.3 is 10.2 Å². The summed E-state index contributed by atoms with van der Waals surface area (Å²) in [4.78, 5) is 25.4. The molecule has 1 aliphatic rings. The summed E-state index contributed by atoms with van der Waals surface area (Å²) in [6.45, 7) is 3.73. The van der Waals surface area contributed by atoms with E-state index in [1.165, 1.54) is 0 Å². The molecule has 0 saturated heterocycles. The third-order valence-electron chi connectivity index (χ3n) is 2.93. The van der Waals surface area contributed by atoms with Crippen LogP contribution in [0.1, 0.15) is 26.7 Å². The van der Waals surface area contributed by atoms with Crippen LogP contribution in [0.3, 0.4) is 0 Å². The van der Waals surface area contributed by atoms with Gasteiger partial charge in [-0.1, -0.05) is 19.1 Å². The predicted molar refractivity (Wildman–Crippen MR) is 66.9 cm³/mol. The van der Waals surface area contributed by atoms with Crippen molar-refractivity contribution in [2.24, 2.45) is 0 Å². The Balaban J connectivity index is 2.49. The lowest BCUT2D eigenvalue weighted by Gasteiger charge is -2.27. The van der Waals surface area contributed by atoms with Crippen molar-refractivity contribution < 1.29 is 9.59 Å². The molecule has 0 aromatic heterocycles. The highest BCUT2D eigenvalue weighted by atomic mass is 16.2. The average Bonchev–Trinajstić information content (AvgIpc) is 2.42. The molecule has 0 bridgehead atoms. The summed E-state index contributed by atoms with van der Waals surface area (Å²) in [7, 11) is 0. The molecule has 4 heteroatoms. The average molecular weight is 232 g/mol. The quantitative estimate of drug-likeness (QED) is 0.806. The van der Waals surface area contributed by atoms with E-state index in [-0.39, 0.29) is 17.9 Å². The maximum atomic E-state index is 12.0. The molecule has 1 aliphatic heterocycles. The summed E-state index contributed by atoms with van der Waals surface area (Å²) in [5.74, 6) is -0.00203. The van der Waals surface area contributed by atoms with Gasteiger partial charge in [0.05, 0.1) is 11.4 Å². The van der Waals surface area contributed by atoms with Gasteiger partial charge in [0.2, 0.25) is 11.8 Å². The number of carbonyl (C=O) groups is 2. The molecular weight excluding hydrogens is 216 g/mol. The summed E-state index contributed by atoms with van der Waals surface area (Å²) >= 11 is 0. The first-order valence-corrected chi connectivity index (χ1v) is 5.84. The van der Waals surface area contributed by atoms with Gasteiger partial charge in [-0.25, -0.2) is 0 Å². The van der Waals surface area contributed by atoms with E-state index in [0.29, 0.717) is 18.5 Å². The maximum Gasteiger partial charge on any atom is 0.227 e. The Morgan fingerprint density at radius 2 is 2.18 bits per heavy atom. The highest BCUT2D eigenvalue weighted by Crippen LogP contribution is 2.31.